The number of rotatable bonds is 8. The Labute approximate surface area is 183 Å². The second kappa shape index (κ2) is 10.4. The summed E-state index contributed by atoms with van der Waals surface area (Å²) >= 11 is 1.59. The molecule has 1 aliphatic rings. The maximum absolute atomic E-state index is 10.7. The number of nitrogens with one attached hydrogen (secondary N) is 2. The molecule has 1 saturated heterocycles. The summed E-state index contributed by atoms with van der Waals surface area (Å²) in [4.78, 5) is 11.5. The highest BCUT2D eigenvalue weighted by Gasteiger charge is 2.24. The van der Waals surface area contributed by atoms with Crippen LogP contribution in [-0.2, 0) is 12.1 Å². The fourth-order valence-electron chi connectivity index (χ4n) is 3.62. The van der Waals surface area contributed by atoms with Gasteiger partial charge in [0.2, 0.25) is 5.89 Å². The maximum atomic E-state index is 10.7. The van der Waals surface area contributed by atoms with E-state index in [-0.39, 0.29) is 0 Å². The lowest BCUT2D eigenvalue weighted by Crippen LogP contribution is -2.43. The smallest absolute Gasteiger partial charge is 0.208 e. The molecular weight excluding hydrogens is 398 g/mol. The zero-order chi connectivity index (χ0) is 21.6. The Bertz CT molecular complexity index is 788. The predicted molar refractivity (Wildman–Crippen MR) is 122 cm³/mol. The summed E-state index contributed by atoms with van der Waals surface area (Å²) in [6.07, 6.45) is 2.27. The van der Waals surface area contributed by atoms with E-state index in [4.69, 9.17) is 4.42 Å². The van der Waals surface area contributed by atoms with Crippen molar-refractivity contribution >= 4 is 17.3 Å². The third-order valence-corrected chi connectivity index (χ3v) is 6.41. The highest BCUT2D eigenvalue weighted by Crippen LogP contribution is 2.23. The summed E-state index contributed by atoms with van der Waals surface area (Å²) < 4.78 is 5.72. The minimum absolute atomic E-state index is 0.326. The number of likely N-dealkylation sites (tertiary alicyclic amines) is 1. The number of guanidine groups is 1. The molecule has 0 amide bonds. The van der Waals surface area contributed by atoms with Gasteiger partial charge in [0.1, 0.15) is 11.4 Å². The zero-order valence-electron chi connectivity index (χ0n) is 18.6. The first-order valence-corrected chi connectivity index (χ1v) is 11.7. The topological polar surface area (TPSA) is 85.9 Å². The molecule has 8 heteroatoms. The van der Waals surface area contributed by atoms with Crippen LogP contribution in [0.1, 0.15) is 49.6 Å². The van der Waals surface area contributed by atoms with Gasteiger partial charge < -0.3 is 20.2 Å². The van der Waals surface area contributed by atoms with Gasteiger partial charge in [-0.15, -0.1) is 0 Å². The molecule has 1 atom stereocenters. The van der Waals surface area contributed by atoms with Crippen LogP contribution in [0.2, 0.25) is 0 Å². The lowest BCUT2D eigenvalue weighted by Gasteiger charge is -2.31. The largest absolute Gasteiger partial charge is 0.444 e. The normalized spacial score (nSPS) is 18.4. The molecule has 30 heavy (non-hydrogen) atoms. The molecule has 1 fully saturated rings. The molecule has 0 aromatic carbocycles. The number of aromatic nitrogens is 1. The van der Waals surface area contributed by atoms with Gasteiger partial charge in [0.05, 0.1) is 18.8 Å². The van der Waals surface area contributed by atoms with Crippen molar-refractivity contribution in [3.05, 3.63) is 39.7 Å². The van der Waals surface area contributed by atoms with Gasteiger partial charge in [0.25, 0.3) is 0 Å². The van der Waals surface area contributed by atoms with E-state index in [0.717, 1.165) is 74.4 Å². The molecule has 3 rings (SSSR count). The minimum atomic E-state index is -0.954. The molecule has 3 heterocycles. The Balaban J connectivity index is 1.45. The SMILES string of the molecule is CCNC(=NCC(C)(O)c1ccsc1)NCC1CCN(Cc2nc(C)c(C)o2)CC1. The second-order valence-corrected chi connectivity index (χ2v) is 9.11. The Morgan fingerprint density at radius 2 is 2.13 bits per heavy atom. The summed E-state index contributed by atoms with van der Waals surface area (Å²) in [7, 11) is 0. The van der Waals surface area contributed by atoms with Crippen molar-refractivity contribution in [1.29, 1.82) is 0 Å². The summed E-state index contributed by atoms with van der Waals surface area (Å²) in [6.45, 7) is 12.7. The van der Waals surface area contributed by atoms with Crippen molar-refractivity contribution in [2.75, 3.05) is 32.7 Å². The van der Waals surface area contributed by atoms with Gasteiger partial charge >= 0.3 is 0 Å². The number of aryl methyl sites for hydroxylation is 2. The van der Waals surface area contributed by atoms with Crippen molar-refractivity contribution in [2.24, 2.45) is 10.9 Å². The van der Waals surface area contributed by atoms with E-state index in [0.29, 0.717) is 12.5 Å². The van der Waals surface area contributed by atoms with Crippen LogP contribution in [0.3, 0.4) is 0 Å². The van der Waals surface area contributed by atoms with Crippen molar-refractivity contribution in [3.8, 4) is 0 Å². The first kappa shape index (κ1) is 22.8. The number of piperidine rings is 1. The van der Waals surface area contributed by atoms with Crippen LogP contribution in [0.15, 0.2) is 26.2 Å². The molecule has 3 N–H and O–H groups in total. The number of hydrogen-bond donors (Lipinski definition) is 3. The third kappa shape index (κ3) is 6.30. The van der Waals surface area contributed by atoms with E-state index in [2.05, 4.69) is 32.4 Å². The van der Waals surface area contributed by atoms with Gasteiger partial charge in [0.15, 0.2) is 5.96 Å². The van der Waals surface area contributed by atoms with E-state index < -0.39 is 5.60 Å². The van der Waals surface area contributed by atoms with Crippen LogP contribution >= 0.6 is 11.3 Å². The van der Waals surface area contributed by atoms with Crippen molar-refractivity contribution in [1.82, 2.24) is 20.5 Å². The molecule has 1 aliphatic heterocycles. The summed E-state index contributed by atoms with van der Waals surface area (Å²) in [5, 5.41) is 21.4. The average Bonchev–Trinajstić information content (AvgIpc) is 3.36. The summed E-state index contributed by atoms with van der Waals surface area (Å²) in [6, 6.07) is 1.95. The predicted octanol–water partition coefficient (Wildman–Crippen LogP) is 3.03. The Morgan fingerprint density at radius 3 is 2.73 bits per heavy atom. The molecule has 0 radical (unpaired) electrons. The fraction of sp³-hybridized carbons (Fsp3) is 0.636. The fourth-order valence-corrected chi connectivity index (χ4v) is 4.41. The molecule has 166 valence electrons. The number of aliphatic imine (C=N–C) groups is 1. The Hall–Kier alpha value is -1.90. The maximum Gasteiger partial charge on any atom is 0.208 e. The standard InChI is InChI=1S/C22H35N5O2S/c1-5-23-21(25-15-22(4,28)19-8-11-30-14-19)24-12-18-6-9-27(10-7-18)13-20-26-16(2)17(3)29-20/h8,11,14,18,28H,5-7,9-10,12-13,15H2,1-4H3,(H2,23,24,25). The highest BCUT2D eigenvalue weighted by atomic mass is 32.1. The second-order valence-electron chi connectivity index (χ2n) is 8.33. The Kier molecular flexibility index (Phi) is 7.91. The van der Waals surface area contributed by atoms with E-state index >= 15 is 0 Å². The van der Waals surface area contributed by atoms with E-state index in [1.54, 1.807) is 11.3 Å². The molecule has 0 saturated carbocycles. The van der Waals surface area contributed by atoms with Crippen LogP contribution in [0.25, 0.3) is 0 Å². The highest BCUT2D eigenvalue weighted by molar-refractivity contribution is 7.08. The van der Waals surface area contributed by atoms with Crippen LogP contribution in [-0.4, -0.2) is 53.7 Å². The molecule has 2 aromatic heterocycles. The average molecular weight is 434 g/mol. The van der Waals surface area contributed by atoms with E-state index in [1.807, 2.05) is 37.6 Å². The molecule has 0 bridgehead atoms. The van der Waals surface area contributed by atoms with Gasteiger partial charge in [0, 0.05) is 13.1 Å². The summed E-state index contributed by atoms with van der Waals surface area (Å²) in [5.41, 5.74) is 0.942. The monoisotopic (exact) mass is 433 g/mol. The van der Waals surface area contributed by atoms with Gasteiger partial charge in [-0.1, -0.05) is 0 Å². The number of aliphatic hydroxyl groups is 1. The first-order valence-electron chi connectivity index (χ1n) is 10.8. The molecule has 7 nitrogen and oxygen atoms in total. The van der Waals surface area contributed by atoms with Crippen molar-refractivity contribution < 1.29 is 9.52 Å². The van der Waals surface area contributed by atoms with Gasteiger partial charge in [-0.25, -0.2) is 9.98 Å². The lowest BCUT2D eigenvalue weighted by atomic mass is 9.97. The number of hydrogen-bond acceptors (Lipinski definition) is 6. The molecule has 0 aliphatic carbocycles. The third-order valence-electron chi connectivity index (χ3n) is 5.73. The van der Waals surface area contributed by atoms with E-state index in [9.17, 15) is 5.11 Å². The van der Waals surface area contributed by atoms with Crippen LogP contribution in [0.5, 0.6) is 0 Å². The van der Waals surface area contributed by atoms with Crippen LogP contribution < -0.4 is 10.6 Å². The molecule has 0 spiro atoms. The van der Waals surface area contributed by atoms with Gasteiger partial charge in [-0.3, -0.25) is 4.90 Å². The first-order chi connectivity index (χ1) is 14.4. The summed E-state index contributed by atoms with van der Waals surface area (Å²) in [5.74, 6) is 3.11. The van der Waals surface area contributed by atoms with Crippen molar-refractivity contribution in [2.45, 2.75) is 52.7 Å². The van der Waals surface area contributed by atoms with Crippen molar-refractivity contribution in [3.63, 3.8) is 0 Å². The number of nitrogens with zero attached hydrogens (tertiary/aromatic N) is 3. The van der Waals surface area contributed by atoms with Gasteiger partial charge in [-0.05, 0) is 81.9 Å². The zero-order valence-corrected chi connectivity index (χ0v) is 19.4. The number of thiophene rings is 1. The molecular formula is C22H35N5O2S. The molecule has 1 unspecified atom stereocenters. The lowest BCUT2D eigenvalue weighted by molar-refractivity contribution is 0.0677. The quantitative estimate of drug-likeness (QED) is 0.438. The van der Waals surface area contributed by atoms with Gasteiger partial charge in [-0.2, -0.15) is 11.3 Å². The molecule has 2 aromatic rings. The minimum Gasteiger partial charge on any atom is -0.444 e. The van der Waals surface area contributed by atoms with Crippen LogP contribution in [0.4, 0.5) is 0 Å². The van der Waals surface area contributed by atoms with Crippen LogP contribution in [0, 0.1) is 19.8 Å². The number of oxazole rings is 1. The Morgan fingerprint density at radius 1 is 1.37 bits per heavy atom. The van der Waals surface area contributed by atoms with E-state index in [1.165, 1.54) is 0 Å².